The number of anilines is 2. The third-order valence-corrected chi connectivity index (χ3v) is 4.41. The van der Waals surface area contributed by atoms with Crippen molar-refractivity contribution in [3.63, 3.8) is 0 Å². The number of benzene rings is 1. The van der Waals surface area contributed by atoms with Crippen molar-refractivity contribution in [2.24, 2.45) is 0 Å². The number of ether oxygens (including phenoxy) is 1. The maximum absolute atomic E-state index is 12.9. The number of nitrogens with zero attached hydrogens (tertiary/aromatic N) is 2. The van der Waals surface area contributed by atoms with Gasteiger partial charge < -0.3 is 10.1 Å². The number of amides is 2. The lowest BCUT2D eigenvalue weighted by Crippen LogP contribution is -2.53. The molecule has 2 amide bonds. The van der Waals surface area contributed by atoms with Crippen LogP contribution in [0.1, 0.15) is 12.5 Å². The monoisotopic (exact) mass is 357 g/mol. The summed E-state index contributed by atoms with van der Waals surface area (Å²) < 4.78 is 43.9. The van der Waals surface area contributed by atoms with Gasteiger partial charge in [-0.05, 0) is 25.1 Å². The fourth-order valence-corrected chi connectivity index (χ4v) is 3.01. The van der Waals surface area contributed by atoms with E-state index in [2.05, 4.69) is 5.32 Å². The van der Waals surface area contributed by atoms with Crippen molar-refractivity contribution in [2.45, 2.75) is 19.1 Å². The molecule has 2 heterocycles. The van der Waals surface area contributed by atoms with Crippen molar-refractivity contribution in [3.05, 3.63) is 23.8 Å². The highest BCUT2D eigenvalue weighted by atomic mass is 19.4. The molecule has 1 unspecified atom stereocenters. The third kappa shape index (κ3) is 3.62. The van der Waals surface area contributed by atoms with Gasteiger partial charge in [0.2, 0.25) is 11.8 Å². The van der Waals surface area contributed by atoms with E-state index < -0.39 is 23.7 Å². The molecule has 0 radical (unpaired) electrons. The molecule has 0 saturated carbocycles. The lowest BCUT2D eigenvalue weighted by Gasteiger charge is -2.36. The summed E-state index contributed by atoms with van der Waals surface area (Å²) in [5, 5.41) is 2.41. The van der Waals surface area contributed by atoms with Gasteiger partial charge in [-0.15, -0.1) is 0 Å². The summed E-state index contributed by atoms with van der Waals surface area (Å²) in [5.74, 6) is -0.841. The molecule has 1 saturated heterocycles. The van der Waals surface area contributed by atoms with Crippen LogP contribution in [0.4, 0.5) is 24.5 Å². The Labute approximate surface area is 142 Å². The molecule has 136 valence electrons. The Balaban J connectivity index is 1.88. The van der Waals surface area contributed by atoms with Gasteiger partial charge in [0.05, 0.1) is 36.2 Å². The van der Waals surface area contributed by atoms with Crippen LogP contribution in [0.25, 0.3) is 0 Å². The van der Waals surface area contributed by atoms with Crippen LogP contribution in [-0.2, 0) is 20.5 Å². The minimum absolute atomic E-state index is 0.00592. The van der Waals surface area contributed by atoms with Gasteiger partial charge in [0.25, 0.3) is 0 Å². The molecule has 0 aliphatic carbocycles. The van der Waals surface area contributed by atoms with Crippen LogP contribution in [0.2, 0.25) is 0 Å². The first-order valence-corrected chi connectivity index (χ1v) is 7.91. The molecule has 2 aliphatic heterocycles. The topological polar surface area (TPSA) is 61.9 Å². The number of hydrogen-bond acceptors (Lipinski definition) is 4. The van der Waals surface area contributed by atoms with E-state index in [9.17, 15) is 22.8 Å². The number of halogens is 3. The molecule has 1 fully saturated rings. The standard InChI is InChI=1S/C16H18F3N3O3/c1-10(21-4-6-25-7-5-21)15(24)22-9-14(23)20-12-8-11(16(17,18)19)2-3-13(12)22/h2-3,8,10H,4-7,9H2,1H3,(H,20,23). The molecule has 1 aromatic rings. The van der Waals surface area contributed by atoms with E-state index in [0.717, 1.165) is 12.1 Å². The summed E-state index contributed by atoms with van der Waals surface area (Å²) in [6.45, 7) is 3.72. The first-order chi connectivity index (χ1) is 11.8. The van der Waals surface area contributed by atoms with Crippen LogP contribution in [0.5, 0.6) is 0 Å². The minimum atomic E-state index is -4.52. The molecule has 6 nitrogen and oxygen atoms in total. The van der Waals surface area contributed by atoms with Crippen molar-refractivity contribution >= 4 is 23.2 Å². The molecule has 3 rings (SSSR count). The maximum Gasteiger partial charge on any atom is 0.416 e. The lowest BCUT2D eigenvalue weighted by molar-refractivity contribution is -0.137. The Morgan fingerprint density at radius 1 is 1.28 bits per heavy atom. The lowest BCUT2D eigenvalue weighted by atomic mass is 10.1. The summed E-state index contributed by atoms with van der Waals surface area (Å²) in [7, 11) is 0. The number of alkyl halides is 3. The average molecular weight is 357 g/mol. The Hall–Kier alpha value is -2.13. The number of carbonyl (C=O) groups is 2. The highest BCUT2D eigenvalue weighted by Crippen LogP contribution is 2.37. The number of hydrogen-bond donors (Lipinski definition) is 1. The van der Waals surface area contributed by atoms with E-state index in [1.807, 2.05) is 4.90 Å². The van der Waals surface area contributed by atoms with Crippen LogP contribution < -0.4 is 10.2 Å². The van der Waals surface area contributed by atoms with E-state index in [1.54, 1.807) is 6.92 Å². The molecule has 0 spiro atoms. The fourth-order valence-electron chi connectivity index (χ4n) is 3.01. The zero-order valence-electron chi connectivity index (χ0n) is 13.6. The summed E-state index contributed by atoms with van der Waals surface area (Å²) in [5.41, 5.74) is -0.603. The summed E-state index contributed by atoms with van der Waals surface area (Å²) in [6, 6.07) is 2.49. The summed E-state index contributed by atoms with van der Waals surface area (Å²) >= 11 is 0. The number of morpholine rings is 1. The Bertz CT molecular complexity index is 687. The van der Waals surface area contributed by atoms with E-state index in [1.165, 1.54) is 11.0 Å². The van der Waals surface area contributed by atoms with Crippen molar-refractivity contribution in [1.82, 2.24) is 4.90 Å². The summed E-state index contributed by atoms with van der Waals surface area (Å²) in [6.07, 6.45) is -4.52. The van der Waals surface area contributed by atoms with Crippen LogP contribution in [0.3, 0.4) is 0 Å². The smallest absolute Gasteiger partial charge is 0.379 e. The van der Waals surface area contributed by atoms with E-state index >= 15 is 0 Å². The van der Waals surface area contributed by atoms with Gasteiger partial charge in [0.1, 0.15) is 6.54 Å². The molecule has 25 heavy (non-hydrogen) atoms. The first-order valence-electron chi connectivity index (χ1n) is 7.91. The van der Waals surface area contributed by atoms with E-state index in [0.29, 0.717) is 26.3 Å². The van der Waals surface area contributed by atoms with Crippen LogP contribution >= 0.6 is 0 Å². The fraction of sp³-hybridized carbons (Fsp3) is 0.500. The molecule has 9 heteroatoms. The molecule has 1 N–H and O–H groups in total. The zero-order valence-corrected chi connectivity index (χ0v) is 13.6. The van der Waals surface area contributed by atoms with Crippen molar-refractivity contribution < 1.29 is 27.5 Å². The average Bonchev–Trinajstić information content (AvgIpc) is 2.59. The van der Waals surface area contributed by atoms with E-state index in [4.69, 9.17) is 4.74 Å². The molecule has 2 aliphatic rings. The second-order valence-corrected chi connectivity index (χ2v) is 6.03. The van der Waals surface area contributed by atoms with Gasteiger partial charge in [-0.3, -0.25) is 19.4 Å². The van der Waals surface area contributed by atoms with E-state index in [-0.39, 0.29) is 23.8 Å². The normalized spacial score (nSPS) is 20.0. The highest BCUT2D eigenvalue weighted by molar-refractivity contribution is 6.11. The SMILES string of the molecule is CC(C(=O)N1CC(=O)Nc2cc(C(F)(F)F)ccc21)N1CCOCC1. The number of carbonyl (C=O) groups excluding carboxylic acids is 2. The molecule has 0 aromatic heterocycles. The van der Waals surface area contributed by atoms with Crippen LogP contribution in [-0.4, -0.2) is 55.6 Å². The van der Waals surface area contributed by atoms with Crippen LogP contribution in [0, 0.1) is 0 Å². The number of nitrogens with one attached hydrogen (secondary N) is 1. The minimum Gasteiger partial charge on any atom is -0.379 e. The molecule has 1 atom stereocenters. The maximum atomic E-state index is 12.9. The molecular weight excluding hydrogens is 339 g/mol. The Morgan fingerprint density at radius 2 is 1.96 bits per heavy atom. The molecule has 0 bridgehead atoms. The second-order valence-electron chi connectivity index (χ2n) is 6.03. The number of rotatable bonds is 2. The largest absolute Gasteiger partial charge is 0.416 e. The summed E-state index contributed by atoms with van der Waals surface area (Å²) in [4.78, 5) is 27.9. The quantitative estimate of drug-likeness (QED) is 0.875. The van der Waals surface area contributed by atoms with Crippen molar-refractivity contribution in [3.8, 4) is 0 Å². The Kier molecular flexibility index (Phi) is 4.70. The van der Waals surface area contributed by atoms with Crippen molar-refractivity contribution in [2.75, 3.05) is 43.1 Å². The van der Waals surface area contributed by atoms with Gasteiger partial charge in [0.15, 0.2) is 0 Å². The second kappa shape index (κ2) is 6.64. The number of fused-ring (bicyclic) bond motifs is 1. The van der Waals surface area contributed by atoms with Gasteiger partial charge in [-0.25, -0.2) is 0 Å². The molecular formula is C16H18F3N3O3. The van der Waals surface area contributed by atoms with Gasteiger partial charge in [-0.2, -0.15) is 13.2 Å². The predicted molar refractivity (Wildman–Crippen MR) is 84.3 cm³/mol. The Morgan fingerprint density at radius 3 is 2.60 bits per heavy atom. The van der Waals surface area contributed by atoms with Gasteiger partial charge >= 0.3 is 6.18 Å². The van der Waals surface area contributed by atoms with Crippen LogP contribution in [0.15, 0.2) is 18.2 Å². The molecule has 1 aromatic carbocycles. The van der Waals surface area contributed by atoms with Gasteiger partial charge in [0, 0.05) is 13.1 Å². The predicted octanol–water partition coefficient (Wildman–Crippen LogP) is 1.71. The third-order valence-electron chi connectivity index (χ3n) is 4.41. The first kappa shape index (κ1) is 17.7. The van der Waals surface area contributed by atoms with Gasteiger partial charge in [-0.1, -0.05) is 0 Å². The highest BCUT2D eigenvalue weighted by Gasteiger charge is 2.36. The zero-order chi connectivity index (χ0) is 18.2. The van der Waals surface area contributed by atoms with Crippen molar-refractivity contribution in [1.29, 1.82) is 0 Å².